The number of aryl methyl sites for hydroxylation is 2. The number of nitrogens with one attached hydrogen (secondary N) is 2. The maximum atomic E-state index is 13.4. The molecule has 3 amide bonds. The van der Waals surface area contributed by atoms with Crippen molar-refractivity contribution in [1.29, 1.82) is 0 Å². The fraction of sp³-hybridized carbons (Fsp3) is 0.231. The van der Waals surface area contributed by atoms with Gasteiger partial charge in [-0.2, -0.15) is 5.10 Å². The number of aromatic nitrogens is 4. The van der Waals surface area contributed by atoms with E-state index in [1.165, 1.54) is 19.2 Å². The minimum Gasteiger partial charge on any atom is -0.494 e. The van der Waals surface area contributed by atoms with Gasteiger partial charge in [0.1, 0.15) is 35.0 Å². The van der Waals surface area contributed by atoms with Crippen LogP contribution in [-0.2, 0) is 13.1 Å². The van der Waals surface area contributed by atoms with E-state index >= 15 is 0 Å². The van der Waals surface area contributed by atoms with Gasteiger partial charge in [-0.25, -0.2) is 4.98 Å². The quantitative estimate of drug-likeness (QED) is 0.0371. The summed E-state index contributed by atoms with van der Waals surface area (Å²) in [6.07, 6.45) is 7.56. The Morgan fingerprint density at radius 1 is 1.02 bits per heavy atom. The van der Waals surface area contributed by atoms with Crippen LogP contribution in [0.3, 0.4) is 0 Å². The van der Waals surface area contributed by atoms with Crippen molar-refractivity contribution in [3.63, 3.8) is 0 Å². The molecule has 0 radical (unpaired) electrons. The minimum atomic E-state index is -0.658. The zero-order chi connectivity index (χ0) is 39.6. The number of benzene rings is 3. The largest absolute Gasteiger partial charge is 0.494 e. The number of amides is 3. The van der Waals surface area contributed by atoms with Crippen LogP contribution in [0, 0.1) is 6.92 Å². The summed E-state index contributed by atoms with van der Waals surface area (Å²) < 4.78 is 15.4. The maximum absolute atomic E-state index is 13.4. The summed E-state index contributed by atoms with van der Waals surface area (Å²) >= 11 is 0. The summed E-state index contributed by atoms with van der Waals surface area (Å²) in [6, 6.07) is 15.4. The highest BCUT2D eigenvalue weighted by Gasteiger charge is 2.22. The molecule has 286 valence electrons. The first-order valence-electron chi connectivity index (χ1n) is 17.4. The summed E-state index contributed by atoms with van der Waals surface area (Å²) in [4.78, 5) is 48.4. The minimum absolute atomic E-state index is 0.0264. The Morgan fingerprint density at radius 2 is 1.76 bits per heavy atom. The highest BCUT2D eigenvalue weighted by molar-refractivity contribution is 5.99. The Morgan fingerprint density at radius 3 is 2.44 bits per heavy atom. The Bertz CT molecular complexity index is 2290. The molecule has 8 N–H and O–H groups in total. The number of nitrogens with two attached hydrogens (primary N) is 3. The van der Waals surface area contributed by atoms with Gasteiger partial charge in [-0.3, -0.25) is 24.1 Å². The summed E-state index contributed by atoms with van der Waals surface area (Å²) in [5, 5.41) is 10.5. The average Bonchev–Trinajstić information content (AvgIpc) is 3.74. The molecular formula is C39H45N11O5. The van der Waals surface area contributed by atoms with Gasteiger partial charge in [0.15, 0.2) is 0 Å². The van der Waals surface area contributed by atoms with Gasteiger partial charge in [0.05, 0.1) is 30.7 Å². The van der Waals surface area contributed by atoms with E-state index in [-0.39, 0.29) is 36.9 Å². The molecule has 0 aliphatic carbocycles. The summed E-state index contributed by atoms with van der Waals surface area (Å²) in [5.41, 5.74) is 22.3. The number of anilines is 3. The maximum Gasteiger partial charge on any atom is 0.270 e. The monoisotopic (exact) mass is 747 g/mol. The van der Waals surface area contributed by atoms with Crippen LogP contribution >= 0.6 is 0 Å². The van der Waals surface area contributed by atoms with Crippen LogP contribution in [0.15, 0.2) is 77.8 Å². The van der Waals surface area contributed by atoms with Crippen LogP contribution < -0.4 is 42.2 Å². The number of fused-ring (bicyclic) bond motifs is 1. The second kappa shape index (κ2) is 17.6. The molecule has 55 heavy (non-hydrogen) atoms. The molecule has 0 saturated heterocycles. The number of ether oxygens (including phenoxy) is 2. The summed E-state index contributed by atoms with van der Waals surface area (Å²) in [7, 11) is 3.21. The lowest BCUT2D eigenvalue weighted by molar-refractivity contribution is 0.0941. The van der Waals surface area contributed by atoms with Crippen LogP contribution in [0.2, 0.25) is 0 Å². The van der Waals surface area contributed by atoms with E-state index in [4.69, 9.17) is 31.7 Å². The molecule has 0 bridgehead atoms. The van der Waals surface area contributed by atoms with Gasteiger partial charge in [-0.05, 0) is 74.7 Å². The molecule has 3 aromatic carbocycles. The molecule has 16 nitrogen and oxygen atoms in total. The van der Waals surface area contributed by atoms with Crippen molar-refractivity contribution in [2.24, 2.45) is 16.5 Å². The van der Waals surface area contributed by atoms with Gasteiger partial charge < -0.3 is 46.8 Å². The second-order valence-electron chi connectivity index (χ2n) is 12.3. The first-order chi connectivity index (χ1) is 26.5. The third kappa shape index (κ3) is 9.11. The molecule has 0 fully saturated rings. The van der Waals surface area contributed by atoms with Crippen LogP contribution in [-0.4, -0.2) is 77.7 Å². The first kappa shape index (κ1) is 39.1. The van der Waals surface area contributed by atoms with E-state index in [1.807, 2.05) is 71.9 Å². The number of carbonyl (C=O) groups excluding carboxylic acids is 3. The standard InChI is InChI=1S/C39H45N11O5/c1-6-50-31(17-24(2)47-50)38(53)45-23-48(34-29(43-3)19-26(36(41)51)21-32(34)54-5)14-7-8-15-49-35-30(46-39(49)44-4)20-27(37(42)52)22-33(35)55-16-10-12-25-11-9-13-28(40)18-25/h7-13,17-22H,3,6,14-16,23,40H2,1-2,4-5H3,(H2,41,51)(H2,42,52)(H,44,46)(H,45,53)/b8-7+,12-10+. The second-order valence-corrected chi connectivity index (χ2v) is 12.3. The molecule has 2 heterocycles. The van der Waals surface area contributed by atoms with Gasteiger partial charge in [0, 0.05) is 43.5 Å². The van der Waals surface area contributed by atoms with Crippen molar-refractivity contribution in [1.82, 2.24) is 24.6 Å². The van der Waals surface area contributed by atoms with Gasteiger partial charge in [-0.1, -0.05) is 30.4 Å². The molecule has 0 atom stereocenters. The van der Waals surface area contributed by atoms with Crippen LogP contribution in [0.4, 0.5) is 23.0 Å². The number of primary amides is 2. The zero-order valence-corrected chi connectivity index (χ0v) is 31.2. The molecule has 0 saturated carbocycles. The average molecular weight is 748 g/mol. The van der Waals surface area contributed by atoms with Crippen LogP contribution in [0.25, 0.3) is 17.1 Å². The number of rotatable bonds is 18. The number of allylic oxidation sites excluding steroid dienone is 1. The number of nitrogens with zero attached hydrogens (tertiary/aromatic N) is 6. The predicted octanol–water partition coefficient (Wildman–Crippen LogP) is 4.27. The molecule has 0 aliphatic heterocycles. The van der Waals surface area contributed by atoms with Crippen molar-refractivity contribution in [2.45, 2.75) is 26.9 Å². The van der Waals surface area contributed by atoms with E-state index in [1.54, 1.807) is 29.9 Å². The zero-order valence-electron chi connectivity index (χ0n) is 31.2. The van der Waals surface area contributed by atoms with Crippen molar-refractivity contribution < 1.29 is 23.9 Å². The van der Waals surface area contributed by atoms with Gasteiger partial charge in [0.25, 0.3) is 5.91 Å². The van der Waals surface area contributed by atoms with Crippen LogP contribution in [0.5, 0.6) is 11.5 Å². The number of hydrogen-bond donors (Lipinski definition) is 5. The van der Waals surface area contributed by atoms with E-state index in [2.05, 4.69) is 27.4 Å². The fourth-order valence-corrected chi connectivity index (χ4v) is 6.01. The van der Waals surface area contributed by atoms with E-state index < -0.39 is 11.8 Å². The predicted molar refractivity (Wildman–Crippen MR) is 215 cm³/mol. The molecule has 5 rings (SSSR count). The number of nitrogen functional groups attached to an aromatic ring is 1. The van der Waals surface area contributed by atoms with Crippen molar-refractivity contribution in [2.75, 3.05) is 49.9 Å². The lowest BCUT2D eigenvalue weighted by Crippen LogP contribution is -2.39. The molecule has 16 heteroatoms. The van der Waals surface area contributed by atoms with Gasteiger partial charge in [-0.15, -0.1) is 0 Å². The van der Waals surface area contributed by atoms with Gasteiger partial charge in [0.2, 0.25) is 17.8 Å². The molecular weight excluding hydrogens is 703 g/mol. The summed E-state index contributed by atoms with van der Waals surface area (Å²) in [6.45, 7) is 8.75. The first-order valence-corrected chi connectivity index (χ1v) is 17.4. The Kier molecular flexibility index (Phi) is 12.5. The molecule has 0 unspecified atom stereocenters. The smallest absolute Gasteiger partial charge is 0.270 e. The number of methoxy groups -OCH3 is 1. The fourth-order valence-electron chi connectivity index (χ4n) is 6.01. The van der Waals surface area contributed by atoms with Crippen molar-refractivity contribution in [3.8, 4) is 11.5 Å². The van der Waals surface area contributed by atoms with E-state index in [9.17, 15) is 14.4 Å². The molecule has 0 spiro atoms. The lowest BCUT2D eigenvalue weighted by atomic mass is 10.1. The topological polar surface area (TPSA) is 223 Å². The highest BCUT2D eigenvalue weighted by atomic mass is 16.5. The number of aliphatic imine (C=N–C) groups is 1. The van der Waals surface area contributed by atoms with Crippen LogP contribution in [0.1, 0.15) is 49.4 Å². The summed E-state index contributed by atoms with van der Waals surface area (Å²) in [5.74, 6) is -0.351. The normalized spacial score (nSPS) is 11.3. The van der Waals surface area contributed by atoms with Crippen molar-refractivity contribution in [3.05, 3.63) is 101 Å². The Balaban J connectivity index is 1.45. The molecule has 2 aromatic heterocycles. The van der Waals surface area contributed by atoms with Gasteiger partial charge >= 0.3 is 0 Å². The van der Waals surface area contributed by atoms with E-state index in [0.717, 1.165) is 11.3 Å². The molecule has 5 aromatic rings. The Labute approximate surface area is 318 Å². The third-order valence-corrected chi connectivity index (χ3v) is 8.56. The number of imidazole rings is 1. The third-order valence-electron chi connectivity index (χ3n) is 8.56. The number of hydrogen-bond acceptors (Lipinski definition) is 11. The molecule has 0 aliphatic rings. The number of carbonyl (C=O) groups is 3. The van der Waals surface area contributed by atoms with Crippen molar-refractivity contribution >= 4 is 64.6 Å². The highest BCUT2D eigenvalue weighted by Crippen LogP contribution is 2.39. The lowest BCUT2D eigenvalue weighted by Gasteiger charge is -2.27. The Hall–Kier alpha value is -7.10. The van der Waals surface area contributed by atoms with E-state index in [0.29, 0.717) is 64.3 Å². The SMILES string of the molecule is C=Nc1cc(C(N)=O)cc(OC)c1N(C/C=C/Cn1c(NC)nc2cc(C(N)=O)cc(OC/C=C/c3cccc(N)c3)c21)CNC(=O)c1cc(C)nn1CC.